The summed E-state index contributed by atoms with van der Waals surface area (Å²) >= 11 is 0. The fourth-order valence-corrected chi connectivity index (χ4v) is 2.46. The van der Waals surface area contributed by atoms with Crippen LogP contribution in [-0.4, -0.2) is 48.3 Å². The molecular weight excluding hydrogens is 256 g/mol. The Bertz CT molecular complexity index is 442. The van der Waals surface area contributed by atoms with Gasteiger partial charge < -0.3 is 20.5 Å². The summed E-state index contributed by atoms with van der Waals surface area (Å²) in [7, 11) is 0. The Labute approximate surface area is 119 Å². The topological polar surface area (TPSA) is 75.8 Å². The number of nitrogens with zero attached hydrogens (tertiary/aromatic N) is 1. The van der Waals surface area contributed by atoms with Crippen molar-refractivity contribution in [3.8, 4) is 5.75 Å². The molecule has 1 heterocycles. The number of hydrogen-bond acceptors (Lipinski definition) is 4. The number of amides is 1. The Morgan fingerprint density at radius 3 is 2.80 bits per heavy atom. The fraction of sp³-hybridized carbons (Fsp3) is 0.533. The molecule has 1 aliphatic rings. The number of nitrogens with two attached hydrogens (primary N) is 1. The van der Waals surface area contributed by atoms with Gasteiger partial charge in [-0.25, -0.2) is 0 Å². The first kappa shape index (κ1) is 14.8. The first-order valence-electron chi connectivity index (χ1n) is 7.06. The third-order valence-corrected chi connectivity index (χ3v) is 3.53. The molecule has 0 unspecified atom stereocenters. The van der Waals surface area contributed by atoms with Crippen molar-refractivity contribution in [2.75, 3.05) is 26.2 Å². The van der Waals surface area contributed by atoms with Crippen LogP contribution in [0.4, 0.5) is 0 Å². The van der Waals surface area contributed by atoms with E-state index in [-0.39, 0.29) is 17.8 Å². The Morgan fingerprint density at radius 1 is 1.40 bits per heavy atom. The van der Waals surface area contributed by atoms with E-state index in [0.717, 1.165) is 31.5 Å². The van der Waals surface area contributed by atoms with Gasteiger partial charge in [-0.15, -0.1) is 0 Å². The maximum absolute atomic E-state index is 12.2. The van der Waals surface area contributed by atoms with E-state index in [2.05, 4.69) is 0 Å². The Morgan fingerprint density at radius 2 is 2.15 bits per heavy atom. The van der Waals surface area contributed by atoms with Gasteiger partial charge in [0, 0.05) is 19.6 Å². The predicted molar refractivity (Wildman–Crippen MR) is 76.4 cm³/mol. The van der Waals surface area contributed by atoms with Crippen molar-refractivity contribution in [3.63, 3.8) is 0 Å². The molecule has 2 rings (SSSR count). The average Bonchev–Trinajstić information content (AvgIpc) is 2.45. The summed E-state index contributed by atoms with van der Waals surface area (Å²) in [6, 6.07) is 6.85. The van der Waals surface area contributed by atoms with Crippen LogP contribution in [-0.2, 0) is 16.0 Å². The smallest absolute Gasteiger partial charge is 0.226 e. The molecule has 1 aromatic rings. The number of phenols is 1. The number of carbonyl (C=O) groups excluding carboxylic acids is 1. The van der Waals surface area contributed by atoms with Gasteiger partial charge in [0.2, 0.25) is 5.91 Å². The lowest BCUT2D eigenvalue weighted by Crippen LogP contribution is -2.41. The van der Waals surface area contributed by atoms with E-state index in [0.29, 0.717) is 19.6 Å². The first-order chi connectivity index (χ1) is 9.69. The predicted octanol–water partition coefficient (Wildman–Crippen LogP) is 0.901. The second-order valence-electron chi connectivity index (χ2n) is 5.09. The fourth-order valence-electron chi connectivity index (χ4n) is 2.46. The van der Waals surface area contributed by atoms with Crippen molar-refractivity contribution in [1.29, 1.82) is 0 Å². The summed E-state index contributed by atoms with van der Waals surface area (Å²) in [5.41, 5.74) is 6.25. The van der Waals surface area contributed by atoms with Crippen molar-refractivity contribution in [2.45, 2.75) is 25.4 Å². The zero-order valence-corrected chi connectivity index (χ0v) is 11.6. The SMILES string of the molecule is NCCOC1CCN(C(=O)Cc2cccc(O)c2)CC1. The average molecular weight is 278 g/mol. The first-order valence-corrected chi connectivity index (χ1v) is 7.06. The highest BCUT2D eigenvalue weighted by molar-refractivity contribution is 5.79. The van der Waals surface area contributed by atoms with Gasteiger partial charge in [0.15, 0.2) is 0 Å². The van der Waals surface area contributed by atoms with Crippen molar-refractivity contribution < 1.29 is 14.6 Å². The number of carbonyl (C=O) groups is 1. The van der Waals surface area contributed by atoms with E-state index < -0.39 is 0 Å². The highest BCUT2D eigenvalue weighted by atomic mass is 16.5. The van der Waals surface area contributed by atoms with Crippen LogP contribution in [0.5, 0.6) is 5.75 Å². The van der Waals surface area contributed by atoms with E-state index in [4.69, 9.17) is 10.5 Å². The van der Waals surface area contributed by atoms with E-state index >= 15 is 0 Å². The maximum atomic E-state index is 12.2. The molecule has 1 aliphatic heterocycles. The second kappa shape index (κ2) is 7.26. The lowest BCUT2D eigenvalue weighted by Gasteiger charge is -2.32. The maximum Gasteiger partial charge on any atom is 0.226 e. The number of piperidine rings is 1. The van der Waals surface area contributed by atoms with Gasteiger partial charge in [0.25, 0.3) is 0 Å². The number of ether oxygens (including phenoxy) is 1. The van der Waals surface area contributed by atoms with Gasteiger partial charge in [0.1, 0.15) is 5.75 Å². The van der Waals surface area contributed by atoms with Crippen LogP contribution in [0.1, 0.15) is 18.4 Å². The summed E-state index contributed by atoms with van der Waals surface area (Å²) in [6.07, 6.45) is 2.30. The summed E-state index contributed by atoms with van der Waals surface area (Å²) in [6.45, 7) is 2.58. The molecule has 0 saturated carbocycles. The molecule has 1 amide bonds. The third-order valence-electron chi connectivity index (χ3n) is 3.53. The van der Waals surface area contributed by atoms with Crippen molar-refractivity contribution in [2.24, 2.45) is 5.73 Å². The van der Waals surface area contributed by atoms with E-state index in [9.17, 15) is 9.90 Å². The minimum atomic E-state index is 0.105. The molecule has 0 radical (unpaired) electrons. The number of aromatic hydroxyl groups is 1. The van der Waals surface area contributed by atoms with Crippen LogP contribution in [0.2, 0.25) is 0 Å². The number of rotatable bonds is 5. The van der Waals surface area contributed by atoms with Crippen LogP contribution in [0.15, 0.2) is 24.3 Å². The van der Waals surface area contributed by atoms with Crippen molar-refractivity contribution in [3.05, 3.63) is 29.8 Å². The number of likely N-dealkylation sites (tertiary alicyclic amines) is 1. The summed E-state index contributed by atoms with van der Waals surface area (Å²) in [5.74, 6) is 0.303. The standard InChI is InChI=1S/C15H22N2O3/c16-6-9-20-14-4-7-17(8-5-14)15(19)11-12-2-1-3-13(18)10-12/h1-3,10,14,18H,4-9,11,16H2. The van der Waals surface area contributed by atoms with Crippen molar-refractivity contribution in [1.82, 2.24) is 4.90 Å². The Balaban J connectivity index is 1.80. The van der Waals surface area contributed by atoms with Gasteiger partial charge in [-0.2, -0.15) is 0 Å². The molecule has 0 spiro atoms. The van der Waals surface area contributed by atoms with Gasteiger partial charge in [-0.1, -0.05) is 12.1 Å². The minimum Gasteiger partial charge on any atom is -0.508 e. The monoisotopic (exact) mass is 278 g/mol. The van der Waals surface area contributed by atoms with Crippen LogP contribution in [0, 0.1) is 0 Å². The molecule has 1 fully saturated rings. The molecule has 110 valence electrons. The number of hydrogen-bond donors (Lipinski definition) is 2. The minimum absolute atomic E-state index is 0.105. The molecule has 0 atom stereocenters. The molecule has 0 bridgehead atoms. The molecule has 0 aliphatic carbocycles. The van der Waals surface area contributed by atoms with Crippen LogP contribution >= 0.6 is 0 Å². The van der Waals surface area contributed by atoms with E-state index in [1.54, 1.807) is 18.2 Å². The molecule has 1 aromatic carbocycles. The molecule has 0 aromatic heterocycles. The quantitative estimate of drug-likeness (QED) is 0.839. The second-order valence-corrected chi connectivity index (χ2v) is 5.09. The van der Waals surface area contributed by atoms with Crippen LogP contribution in [0.3, 0.4) is 0 Å². The highest BCUT2D eigenvalue weighted by Gasteiger charge is 2.23. The van der Waals surface area contributed by atoms with E-state index in [1.807, 2.05) is 11.0 Å². The molecule has 3 N–H and O–H groups in total. The highest BCUT2D eigenvalue weighted by Crippen LogP contribution is 2.16. The van der Waals surface area contributed by atoms with E-state index in [1.165, 1.54) is 0 Å². The van der Waals surface area contributed by atoms with Crippen molar-refractivity contribution >= 4 is 5.91 Å². The van der Waals surface area contributed by atoms with Crippen LogP contribution < -0.4 is 5.73 Å². The Hall–Kier alpha value is -1.59. The largest absolute Gasteiger partial charge is 0.508 e. The molecular formula is C15H22N2O3. The summed E-state index contributed by atoms with van der Waals surface area (Å²) < 4.78 is 5.60. The number of phenolic OH excluding ortho intramolecular Hbond substituents is 1. The molecule has 20 heavy (non-hydrogen) atoms. The summed E-state index contributed by atoms with van der Waals surface area (Å²) in [5, 5.41) is 9.40. The van der Waals surface area contributed by atoms with Gasteiger partial charge >= 0.3 is 0 Å². The van der Waals surface area contributed by atoms with Crippen LogP contribution in [0.25, 0.3) is 0 Å². The molecule has 5 heteroatoms. The number of benzene rings is 1. The lowest BCUT2D eigenvalue weighted by atomic mass is 10.1. The lowest BCUT2D eigenvalue weighted by molar-refractivity contribution is -0.133. The van der Waals surface area contributed by atoms with Gasteiger partial charge in [-0.3, -0.25) is 4.79 Å². The van der Waals surface area contributed by atoms with Gasteiger partial charge in [-0.05, 0) is 30.5 Å². The van der Waals surface area contributed by atoms with Gasteiger partial charge in [0.05, 0.1) is 19.1 Å². The normalized spacial score (nSPS) is 16.4. The molecule has 1 saturated heterocycles. The summed E-state index contributed by atoms with van der Waals surface area (Å²) in [4.78, 5) is 14.1. The zero-order valence-electron chi connectivity index (χ0n) is 11.6. The third kappa shape index (κ3) is 4.21. The zero-order chi connectivity index (χ0) is 14.4. The Kier molecular flexibility index (Phi) is 5.38. The molecule has 5 nitrogen and oxygen atoms in total.